The van der Waals surface area contributed by atoms with Crippen LogP contribution in [0.3, 0.4) is 0 Å². The van der Waals surface area contributed by atoms with Gasteiger partial charge in [0.25, 0.3) is 0 Å². The molecule has 1 atom stereocenters. The number of hydrogen-bond donors (Lipinski definition) is 1. The fourth-order valence-electron chi connectivity index (χ4n) is 4.35. The fourth-order valence-corrected chi connectivity index (χ4v) is 5.20. The summed E-state index contributed by atoms with van der Waals surface area (Å²) < 4.78 is 32.7. The maximum atomic E-state index is 14.1. The molecule has 1 N–H and O–H groups in total. The Morgan fingerprint density at radius 3 is 2.17 bits per heavy atom. The number of rotatable bonds is 14. The summed E-state index contributed by atoms with van der Waals surface area (Å²) in [5, 5.41) is 2.94. The summed E-state index contributed by atoms with van der Waals surface area (Å²) in [6.07, 6.45) is 2.08. The van der Waals surface area contributed by atoms with Crippen LogP contribution >= 0.6 is 0 Å². The Kier molecular flexibility index (Phi) is 11.1. The van der Waals surface area contributed by atoms with Gasteiger partial charge in [-0.3, -0.25) is 13.9 Å². The summed E-state index contributed by atoms with van der Waals surface area (Å²) in [6.45, 7) is 6.19. The summed E-state index contributed by atoms with van der Waals surface area (Å²) in [4.78, 5) is 29.1. The van der Waals surface area contributed by atoms with Crippen LogP contribution in [0.5, 0.6) is 5.75 Å². The van der Waals surface area contributed by atoms with E-state index in [-0.39, 0.29) is 24.6 Å². The van der Waals surface area contributed by atoms with E-state index in [9.17, 15) is 18.0 Å². The van der Waals surface area contributed by atoms with E-state index in [0.29, 0.717) is 18.9 Å². The van der Waals surface area contributed by atoms with Crippen LogP contribution in [-0.4, -0.2) is 57.1 Å². The van der Waals surface area contributed by atoms with Crippen LogP contribution in [0.1, 0.15) is 37.0 Å². The lowest BCUT2D eigenvalue weighted by molar-refractivity contribution is -0.140. The van der Waals surface area contributed by atoms with Crippen molar-refractivity contribution in [2.75, 3.05) is 30.3 Å². The number of carbonyl (C=O) groups is 2. The molecule has 9 heteroatoms. The second-order valence-corrected chi connectivity index (χ2v) is 11.6. The van der Waals surface area contributed by atoms with Crippen LogP contribution in [0.25, 0.3) is 0 Å². The highest BCUT2D eigenvalue weighted by molar-refractivity contribution is 7.92. The number of amides is 2. The Morgan fingerprint density at radius 1 is 0.900 bits per heavy atom. The van der Waals surface area contributed by atoms with Crippen LogP contribution in [0.15, 0.2) is 78.9 Å². The molecular weight excluding hydrogens is 526 g/mol. The second-order valence-electron chi connectivity index (χ2n) is 9.67. The number of nitrogens with zero attached hydrogens (tertiary/aromatic N) is 2. The third kappa shape index (κ3) is 8.58. The lowest BCUT2D eigenvalue weighted by atomic mass is 10.0. The number of hydrogen-bond acceptors (Lipinski definition) is 5. The first-order valence-corrected chi connectivity index (χ1v) is 15.3. The third-order valence-corrected chi connectivity index (χ3v) is 7.53. The van der Waals surface area contributed by atoms with Crippen molar-refractivity contribution in [2.45, 2.75) is 46.2 Å². The normalized spacial score (nSPS) is 11.9. The minimum absolute atomic E-state index is 0.140. The predicted octanol–water partition coefficient (Wildman–Crippen LogP) is 4.33. The molecule has 2 amide bonds. The van der Waals surface area contributed by atoms with E-state index in [2.05, 4.69) is 5.32 Å². The predicted molar refractivity (Wildman–Crippen MR) is 159 cm³/mol. The number of carbonyl (C=O) groups excluding carboxylic acids is 2. The van der Waals surface area contributed by atoms with Crippen molar-refractivity contribution in [3.8, 4) is 5.75 Å². The van der Waals surface area contributed by atoms with Gasteiger partial charge in [0.05, 0.1) is 18.6 Å². The first-order chi connectivity index (χ1) is 19.1. The quantitative estimate of drug-likeness (QED) is 0.314. The van der Waals surface area contributed by atoms with E-state index in [1.54, 1.807) is 31.2 Å². The van der Waals surface area contributed by atoms with E-state index >= 15 is 0 Å². The molecule has 40 heavy (non-hydrogen) atoms. The van der Waals surface area contributed by atoms with Crippen molar-refractivity contribution >= 4 is 27.5 Å². The molecule has 3 aromatic carbocycles. The number of anilines is 1. The van der Waals surface area contributed by atoms with Crippen LogP contribution < -0.4 is 14.4 Å². The van der Waals surface area contributed by atoms with E-state index in [1.807, 2.05) is 68.4 Å². The van der Waals surface area contributed by atoms with Crippen molar-refractivity contribution in [2.24, 2.45) is 0 Å². The Bertz CT molecular complexity index is 1360. The van der Waals surface area contributed by atoms with Crippen LogP contribution in [0, 0.1) is 6.92 Å². The molecule has 0 radical (unpaired) electrons. The second kappa shape index (κ2) is 14.5. The van der Waals surface area contributed by atoms with Gasteiger partial charge in [-0.1, -0.05) is 79.2 Å². The molecule has 214 valence electrons. The third-order valence-electron chi connectivity index (χ3n) is 6.41. The van der Waals surface area contributed by atoms with Gasteiger partial charge < -0.3 is 15.0 Å². The molecular formula is C31H39N3O5S. The molecule has 1 unspecified atom stereocenters. The van der Waals surface area contributed by atoms with Crippen molar-refractivity contribution < 1.29 is 22.7 Å². The highest BCUT2D eigenvalue weighted by Crippen LogP contribution is 2.30. The molecule has 3 aromatic rings. The smallest absolute Gasteiger partial charge is 0.244 e. The van der Waals surface area contributed by atoms with Gasteiger partial charge in [0.2, 0.25) is 21.8 Å². The number of ether oxygens (including phenoxy) is 1. The zero-order chi connectivity index (χ0) is 29.1. The average Bonchev–Trinajstić information content (AvgIpc) is 2.93. The van der Waals surface area contributed by atoms with Crippen molar-refractivity contribution in [3.05, 3.63) is 95.6 Å². The molecule has 0 aromatic heterocycles. The van der Waals surface area contributed by atoms with Gasteiger partial charge in [-0.05, 0) is 43.5 Å². The first-order valence-electron chi connectivity index (χ1n) is 13.5. The zero-order valence-electron chi connectivity index (χ0n) is 23.7. The average molecular weight is 566 g/mol. The Morgan fingerprint density at radius 2 is 1.55 bits per heavy atom. The van der Waals surface area contributed by atoms with Crippen LogP contribution in [0.2, 0.25) is 0 Å². The maximum Gasteiger partial charge on any atom is 0.244 e. The van der Waals surface area contributed by atoms with E-state index < -0.39 is 28.5 Å². The molecule has 8 nitrogen and oxygen atoms in total. The zero-order valence-corrected chi connectivity index (χ0v) is 24.5. The molecule has 0 aliphatic carbocycles. The van der Waals surface area contributed by atoms with E-state index in [1.165, 1.54) is 4.90 Å². The number of aryl methyl sites for hydroxylation is 1. The maximum absolute atomic E-state index is 14.1. The Labute approximate surface area is 238 Å². The van der Waals surface area contributed by atoms with Gasteiger partial charge in [0.15, 0.2) is 0 Å². The van der Waals surface area contributed by atoms with Gasteiger partial charge in [-0.25, -0.2) is 8.42 Å². The SMILES string of the molecule is CCCNC(=O)C(Cc1ccccc1)N(Cc1ccc(C)cc1)C(=O)CN(c1ccccc1OCC)S(C)(=O)=O. The fraction of sp³-hybridized carbons (Fsp3) is 0.355. The minimum atomic E-state index is -3.88. The highest BCUT2D eigenvalue weighted by atomic mass is 32.2. The molecule has 0 spiro atoms. The summed E-state index contributed by atoms with van der Waals surface area (Å²) >= 11 is 0. The van der Waals surface area contributed by atoms with Gasteiger partial charge in [-0.15, -0.1) is 0 Å². The summed E-state index contributed by atoms with van der Waals surface area (Å²) in [7, 11) is -3.88. The molecule has 0 heterocycles. The topological polar surface area (TPSA) is 96.0 Å². The van der Waals surface area contributed by atoms with Crippen molar-refractivity contribution in [3.63, 3.8) is 0 Å². The van der Waals surface area contributed by atoms with Crippen molar-refractivity contribution in [1.29, 1.82) is 0 Å². The molecule has 0 saturated carbocycles. The van der Waals surface area contributed by atoms with E-state index in [4.69, 9.17) is 4.74 Å². The molecule has 0 aliphatic heterocycles. The Balaban J connectivity index is 2.06. The Hall–Kier alpha value is -3.85. The first kappa shape index (κ1) is 30.7. The number of sulfonamides is 1. The van der Waals surface area contributed by atoms with E-state index in [0.717, 1.165) is 33.7 Å². The minimum Gasteiger partial charge on any atom is -0.492 e. The number of nitrogens with one attached hydrogen (secondary N) is 1. The summed E-state index contributed by atoms with van der Waals surface area (Å²) in [5.74, 6) is -0.425. The molecule has 0 saturated heterocycles. The van der Waals surface area contributed by atoms with Crippen LogP contribution in [0.4, 0.5) is 5.69 Å². The standard InChI is InChI=1S/C31H39N3O5S/c1-5-20-32-31(36)28(21-25-12-8-7-9-13-25)33(22-26-18-16-24(3)17-19-26)30(35)23-34(40(4,37)38)27-14-10-11-15-29(27)39-6-2/h7-19,28H,5-6,20-23H2,1-4H3,(H,32,36). The van der Waals surface area contributed by atoms with Crippen molar-refractivity contribution in [1.82, 2.24) is 10.2 Å². The lowest BCUT2D eigenvalue weighted by Gasteiger charge is -2.33. The van der Waals surface area contributed by atoms with Gasteiger partial charge >= 0.3 is 0 Å². The summed E-state index contributed by atoms with van der Waals surface area (Å²) in [5.41, 5.74) is 3.06. The van der Waals surface area contributed by atoms with Crippen LogP contribution in [-0.2, 0) is 32.6 Å². The number of para-hydroxylation sites is 2. The molecule has 0 bridgehead atoms. The van der Waals surface area contributed by atoms with Gasteiger partial charge in [-0.2, -0.15) is 0 Å². The lowest BCUT2D eigenvalue weighted by Crippen LogP contribution is -2.53. The van der Waals surface area contributed by atoms with Gasteiger partial charge in [0.1, 0.15) is 18.3 Å². The molecule has 0 fully saturated rings. The molecule has 0 aliphatic rings. The number of benzene rings is 3. The monoisotopic (exact) mass is 565 g/mol. The highest BCUT2D eigenvalue weighted by Gasteiger charge is 2.33. The van der Waals surface area contributed by atoms with Gasteiger partial charge in [0, 0.05) is 19.5 Å². The molecule has 3 rings (SSSR count). The summed E-state index contributed by atoms with van der Waals surface area (Å²) in [6, 6.07) is 23.1. The largest absolute Gasteiger partial charge is 0.492 e.